The van der Waals surface area contributed by atoms with Gasteiger partial charge in [0.05, 0.1) is 5.52 Å². The van der Waals surface area contributed by atoms with Crippen molar-refractivity contribution < 1.29 is 14.3 Å². The molecule has 3 N–H and O–H groups in total. The molecule has 2 rings (SSSR count). The lowest BCUT2D eigenvalue weighted by molar-refractivity contribution is 0.0930. The van der Waals surface area contributed by atoms with Gasteiger partial charge in [0.2, 0.25) is 0 Å². The zero-order valence-corrected chi connectivity index (χ0v) is 11.9. The van der Waals surface area contributed by atoms with Crippen LogP contribution in [0.3, 0.4) is 0 Å². The van der Waals surface area contributed by atoms with Crippen LogP contribution >= 0.6 is 15.9 Å². The zero-order valence-electron chi connectivity index (χ0n) is 10.3. The molecule has 102 valence electrons. The average molecular weight is 329 g/mol. The summed E-state index contributed by atoms with van der Waals surface area (Å²) in [4.78, 5) is 14.8. The number of carbonyl (C=O) groups excluding carboxylic acids is 1. The number of halogens is 2. The molecule has 0 fully saturated rings. The van der Waals surface area contributed by atoms with Crippen LogP contribution in [0.1, 0.15) is 23.8 Å². The molecule has 0 saturated heterocycles. The van der Waals surface area contributed by atoms with E-state index in [1.165, 1.54) is 12.1 Å². The number of aromatic nitrogens is 1. The lowest BCUT2D eigenvalue weighted by atomic mass is 10.2. The third-order valence-corrected chi connectivity index (χ3v) is 3.29. The average Bonchev–Trinajstić information content (AvgIpc) is 2.73. The summed E-state index contributed by atoms with van der Waals surface area (Å²) in [5.41, 5.74) is 0.864. The van der Waals surface area contributed by atoms with E-state index in [0.717, 1.165) is 0 Å². The molecule has 1 amide bonds. The van der Waals surface area contributed by atoms with Gasteiger partial charge in [-0.2, -0.15) is 0 Å². The molecule has 1 atom stereocenters. The van der Waals surface area contributed by atoms with Crippen LogP contribution in [0.2, 0.25) is 0 Å². The minimum absolute atomic E-state index is 0.00965. The van der Waals surface area contributed by atoms with E-state index in [4.69, 9.17) is 5.11 Å². The fourth-order valence-electron chi connectivity index (χ4n) is 1.85. The predicted molar refractivity (Wildman–Crippen MR) is 74.6 cm³/mol. The second kappa shape index (κ2) is 5.71. The number of rotatable bonds is 4. The van der Waals surface area contributed by atoms with Gasteiger partial charge in [0.15, 0.2) is 0 Å². The smallest absolute Gasteiger partial charge is 0.267 e. The van der Waals surface area contributed by atoms with Gasteiger partial charge in [-0.3, -0.25) is 4.79 Å². The van der Waals surface area contributed by atoms with Gasteiger partial charge in [-0.05, 0) is 31.5 Å². The summed E-state index contributed by atoms with van der Waals surface area (Å²) in [5, 5.41) is 11.9. The van der Waals surface area contributed by atoms with Crippen LogP contribution in [-0.2, 0) is 0 Å². The van der Waals surface area contributed by atoms with E-state index in [2.05, 4.69) is 26.2 Å². The SMILES string of the molecule is C[C@H](CCO)NC(=O)c1cc2c(F)cc(Br)cc2[nH]1. The Morgan fingerprint density at radius 2 is 2.26 bits per heavy atom. The molecule has 1 aromatic carbocycles. The number of fused-ring (bicyclic) bond motifs is 1. The summed E-state index contributed by atoms with van der Waals surface area (Å²) in [6.45, 7) is 1.81. The van der Waals surface area contributed by atoms with Gasteiger partial charge in [-0.1, -0.05) is 15.9 Å². The quantitative estimate of drug-likeness (QED) is 0.807. The topological polar surface area (TPSA) is 65.1 Å². The van der Waals surface area contributed by atoms with Gasteiger partial charge in [-0.15, -0.1) is 0 Å². The van der Waals surface area contributed by atoms with Gasteiger partial charge < -0.3 is 15.4 Å². The number of H-pyrrole nitrogens is 1. The summed E-state index contributed by atoms with van der Waals surface area (Å²) < 4.78 is 14.3. The highest BCUT2D eigenvalue weighted by molar-refractivity contribution is 9.10. The summed E-state index contributed by atoms with van der Waals surface area (Å²) in [7, 11) is 0. The molecule has 0 aliphatic rings. The molecule has 0 spiro atoms. The van der Waals surface area contributed by atoms with Crippen LogP contribution in [0.4, 0.5) is 4.39 Å². The van der Waals surface area contributed by atoms with E-state index >= 15 is 0 Å². The highest BCUT2D eigenvalue weighted by Gasteiger charge is 2.14. The molecule has 0 bridgehead atoms. The van der Waals surface area contributed by atoms with E-state index in [1.807, 2.05) is 0 Å². The number of hydrogen-bond acceptors (Lipinski definition) is 2. The summed E-state index contributed by atoms with van der Waals surface area (Å²) in [6, 6.07) is 4.41. The molecule has 0 radical (unpaired) electrons. The first-order valence-corrected chi connectivity index (χ1v) is 6.70. The van der Waals surface area contributed by atoms with Crippen LogP contribution in [-0.4, -0.2) is 28.6 Å². The largest absolute Gasteiger partial charge is 0.396 e. The third-order valence-electron chi connectivity index (χ3n) is 2.84. The van der Waals surface area contributed by atoms with Crippen molar-refractivity contribution in [2.75, 3.05) is 6.61 Å². The first-order valence-electron chi connectivity index (χ1n) is 5.90. The minimum atomic E-state index is -0.386. The molecule has 1 heterocycles. The van der Waals surface area contributed by atoms with Crippen molar-refractivity contribution in [1.29, 1.82) is 0 Å². The van der Waals surface area contributed by atoms with E-state index in [9.17, 15) is 9.18 Å². The predicted octanol–water partition coefficient (Wildman–Crippen LogP) is 2.57. The van der Waals surface area contributed by atoms with Crippen molar-refractivity contribution in [2.24, 2.45) is 0 Å². The van der Waals surface area contributed by atoms with E-state index in [0.29, 0.717) is 27.5 Å². The normalized spacial score (nSPS) is 12.6. The molecule has 2 aromatic rings. The van der Waals surface area contributed by atoms with Crippen LogP contribution in [0.5, 0.6) is 0 Å². The molecule has 0 unspecified atom stereocenters. The Balaban J connectivity index is 2.26. The standard InChI is InChI=1S/C13H14BrFN2O2/c1-7(2-3-18)16-13(19)12-6-9-10(15)4-8(14)5-11(9)17-12/h4-7,17-18H,2-3H2,1H3,(H,16,19)/t7-/m1/s1. The Hall–Kier alpha value is -1.40. The van der Waals surface area contributed by atoms with Crippen LogP contribution in [0, 0.1) is 5.82 Å². The number of benzene rings is 1. The Bertz CT molecular complexity index is 612. The molecule has 0 aliphatic heterocycles. The van der Waals surface area contributed by atoms with Crippen LogP contribution in [0.25, 0.3) is 10.9 Å². The Morgan fingerprint density at radius 1 is 1.53 bits per heavy atom. The lowest BCUT2D eigenvalue weighted by Crippen LogP contribution is -2.33. The number of carbonyl (C=O) groups is 1. The lowest BCUT2D eigenvalue weighted by Gasteiger charge is -2.11. The van der Waals surface area contributed by atoms with E-state index in [1.54, 1.807) is 13.0 Å². The number of amides is 1. The Morgan fingerprint density at radius 3 is 2.95 bits per heavy atom. The maximum Gasteiger partial charge on any atom is 0.267 e. The van der Waals surface area contributed by atoms with Gasteiger partial charge in [0.1, 0.15) is 11.5 Å². The molecular formula is C13H14BrFN2O2. The summed E-state index contributed by atoms with van der Waals surface area (Å²) in [6.07, 6.45) is 0.478. The summed E-state index contributed by atoms with van der Waals surface area (Å²) in [5.74, 6) is -0.698. The third kappa shape index (κ3) is 3.13. The Kier molecular flexibility index (Phi) is 4.21. The van der Waals surface area contributed by atoms with Gasteiger partial charge in [0.25, 0.3) is 5.91 Å². The van der Waals surface area contributed by atoms with Gasteiger partial charge in [0, 0.05) is 22.5 Å². The summed E-state index contributed by atoms with van der Waals surface area (Å²) >= 11 is 3.20. The van der Waals surface area contributed by atoms with Gasteiger partial charge >= 0.3 is 0 Å². The molecular weight excluding hydrogens is 315 g/mol. The van der Waals surface area contributed by atoms with Gasteiger partial charge in [-0.25, -0.2) is 4.39 Å². The molecule has 19 heavy (non-hydrogen) atoms. The highest BCUT2D eigenvalue weighted by atomic mass is 79.9. The van der Waals surface area contributed by atoms with Crippen molar-refractivity contribution in [3.8, 4) is 0 Å². The van der Waals surface area contributed by atoms with Crippen molar-refractivity contribution in [3.63, 3.8) is 0 Å². The molecule has 1 aromatic heterocycles. The second-order valence-corrected chi connectivity index (χ2v) is 5.33. The fourth-order valence-corrected chi connectivity index (χ4v) is 2.28. The number of aromatic amines is 1. The highest BCUT2D eigenvalue weighted by Crippen LogP contribution is 2.23. The monoisotopic (exact) mass is 328 g/mol. The molecule has 0 aliphatic carbocycles. The fraction of sp³-hybridized carbons (Fsp3) is 0.308. The molecule has 4 nitrogen and oxygen atoms in total. The van der Waals surface area contributed by atoms with Crippen LogP contribution < -0.4 is 5.32 Å². The minimum Gasteiger partial charge on any atom is -0.396 e. The molecule has 6 heteroatoms. The zero-order chi connectivity index (χ0) is 14.0. The van der Waals surface area contributed by atoms with Crippen molar-refractivity contribution in [3.05, 3.63) is 34.2 Å². The maximum atomic E-state index is 13.7. The number of hydrogen-bond donors (Lipinski definition) is 3. The van der Waals surface area contributed by atoms with E-state index < -0.39 is 0 Å². The number of aliphatic hydroxyl groups excluding tert-OH is 1. The van der Waals surface area contributed by atoms with Crippen LogP contribution in [0.15, 0.2) is 22.7 Å². The first kappa shape index (κ1) is 14.0. The van der Waals surface area contributed by atoms with Crippen molar-refractivity contribution in [1.82, 2.24) is 10.3 Å². The molecule has 0 saturated carbocycles. The maximum absolute atomic E-state index is 13.7. The Labute approximate surface area is 118 Å². The van der Waals surface area contributed by atoms with Crippen molar-refractivity contribution >= 4 is 32.7 Å². The number of aliphatic hydroxyl groups is 1. The first-order chi connectivity index (χ1) is 9.01. The van der Waals surface area contributed by atoms with Crippen molar-refractivity contribution in [2.45, 2.75) is 19.4 Å². The second-order valence-electron chi connectivity index (χ2n) is 4.42. The number of nitrogens with one attached hydrogen (secondary N) is 2. The van der Waals surface area contributed by atoms with E-state index in [-0.39, 0.29) is 24.4 Å².